The molecule has 8 heteroatoms. The first-order valence-corrected chi connectivity index (χ1v) is 10.3. The molecule has 1 fully saturated rings. The molecule has 0 aliphatic heterocycles. The van der Waals surface area contributed by atoms with E-state index in [2.05, 4.69) is 21.5 Å². The maximum Gasteiger partial charge on any atom is 0.433 e. The van der Waals surface area contributed by atoms with Crippen LogP contribution in [0.2, 0.25) is 0 Å². The fourth-order valence-corrected chi connectivity index (χ4v) is 4.83. The van der Waals surface area contributed by atoms with Crippen molar-refractivity contribution in [3.63, 3.8) is 0 Å². The van der Waals surface area contributed by atoms with E-state index >= 15 is 0 Å². The third-order valence-electron chi connectivity index (χ3n) is 5.33. The summed E-state index contributed by atoms with van der Waals surface area (Å²) in [5.41, 5.74) is -0.341. The Morgan fingerprint density at radius 2 is 2.00 bits per heavy atom. The van der Waals surface area contributed by atoms with Gasteiger partial charge in [0.1, 0.15) is 5.82 Å². The molecule has 1 aromatic rings. The minimum absolute atomic E-state index is 0.0645. The van der Waals surface area contributed by atoms with Crippen molar-refractivity contribution in [1.29, 1.82) is 0 Å². The molecule has 144 valence electrons. The van der Waals surface area contributed by atoms with Gasteiger partial charge in [-0.1, -0.05) is 6.42 Å². The summed E-state index contributed by atoms with van der Waals surface area (Å²) in [5.74, 6) is -0.440. The molecule has 2 aliphatic rings. The van der Waals surface area contributed by atoms with Crippen LogP contribution in [0.1, 0.15) is 54.9 Å². The van der Waals surface area contributed by atoms with Crippen LogP contribution in [0.15, 0.2) is 0 Å². The number of aryl methyl sites for hydroxylation is 2. The van der Waals surface area contributed by atoms with Gasteiger partial charge in [-0.05, 0) is 51.7 Å². The number of hydrogen-bond acceptors (Lipinski definition) is 4. The Hall–Kier alpha value is -1.31. The molecule has 0 spiro atoms. The highest BCUT2D eigenvalue weighted by Crippen LogP contribution is 2.36. The molecule has 1 aromatic heterocycles. The number of carbonyl (C=O) groups excluding carboxylic acids is 1. The molecular formula is C18H24F3N3OS. The SMILES string of the molecule is CSC1CCCC(NC(=O)C2CCc3nc(C)nc(C(F)(F)F)c3C2)C1. The lowest BCUT2D eigenvalue weighted by Crippen LogP contribution is -2.43. The smallest absolute Gasteiger partial charge is 0.353 e. The number of halogens is 3. The van der Waals surface area contributed by atoms with Crippen molar-refractivity contribution < 1.29 is 18.0 Å². The van der Waals surface area contributed by atoms with E-state index in [4.69, 9.17) is 0 Å². The molecule has 0 aromatic carbocycles. The molecule has 1 saturated carbocycles. The molecule has 1 heterocycles. The van der Waals surface area contributed by atoms with Crippen molar-refractivity contribution in [3.05, 3.63) is 22.8 Å². The van der Waals surface area contributed by atoms with Gasteiger partial charge in [0.05, 0.1) is 0 Å². The Bertz CT molecular complexity index is 680. The van der Waals surface area contributed by atoms with Crippen molar-refractivity contribution in [2.75, 3.05) is 6.26 Å². The standard InChI is InChI=1S/C18H24F3N3OS/c1-10-22-15-7-6-11(8-14(15)16(23-10)18(19,20)21)17(25)24-12-4-3-5-13(9-12)26-2/h11-13H,3-9H2,1-2H3,(H,24,25). The minimum atomic E-state index is -4.52. The maximum absolute atomic E-state index is 13.3. The number of thioether (sulfide) groups is 1. The molecule has 2 aliphatic carbocycles. The number of carbonyl (C=O) groups is 1. The summed E-state index contributed by atoms with van der Waals surface area (Å²) in [6, 6.07) is 0.131. The van der Waals surface area contributed by atoms with E-state index in [0.29, 0.717) is 23.8 Å². The number of nitrogens with zero attached hydrogens (tertiary/aromatic N) is 2. The first kappa shape index (κ1) is 19.5. The molecule has 3 unspecified atom stereocenters. The number of fused-ring (bicyclic) bond motifs is 1. The first-order chi connectivity index (χ1) is 12.3. The van der Waals surface area contributed by atoms with E-state index in [1.165, 1.54) is 6.92 Å². The van der Waals surface area contributed by atoms with Gasteiger partial charge >= 0.3 is 6.18 Å². The van der Waals surface area contributed by atoms with Crippen LogP contribution >= 0.6 is 11.8 Å². The van der Waals surface area contributed by atoms with Crippen LogP contribution in [0.3, 0.4) is 0 Å². The van der Waals surface area contributed by atoms with Gasteiger partial charge in [0.25, 0.3) is 0 Å². The van der Waals surface area contributed by atoms with Crippen LogP contribution in [0, 0.1) is 12.8 Å². The highest BCUT2D eigenvalue weighted by Gasteiger charge is 2.40. The number of amides is 1. The van der Waals surface area contributed by atoms with Crippen LogP contribution in [0.25, 0.3) is 0 Å². The van der Waals surface area contributed by atoms with Crippen LogP contribution in [-0.2, 0) is 23.8 Å². The van der Waals surface area contributed by atoms with Gasteiger partial charge < -0.3 is 5.32 Å². The zero-order chi connectivity index (χ0) is 18.9. The molecule has 0 bridgehead atoms. The van der Waals surface area contributed by atoms with Gasteiger partial charge in [0.2, 0.25) is 5.91 Å². The van der Waals surface area contributed by atoms with Crippen molar-refractivity contribution in [3.8, 4) is 0 Å². The summed E-state index contributed by atoms with van der Waals surface area (Å²) in [5, 5.41) is 3.63. The van der Waals surface area contributed by atoms with Crippen molar-refractivity contribution in [1.82, 2.24) is 15.3 Å². The Morgan fingerprint density at radius 1 is 1.23 bits per heavy atom. The Morgan fingerprint density at radius 3 is 2.69 bits per heavy atom. The monoisotopic (exact) mass is 387 g/mol. The van der Waals surface area contributed by atoms with E-state index in [1.54, 1.807) is 0 Å². The van der Waals surface area contributed by atoms with Crippen LogP contribution in [0.5, 0.6) is 0 Å². The number of hydrogen-bond donors (Lipinski definition) is 1. The number of rotatable bonds is 3. The van der Waals surface area contributed by atoms with Gasteiger partial charge in [0, 0.05) is 28.5 Å². The predicted molar refractivity (Wildman–Crippen MR) is 95.0 cm³/mol. The molecule has 26 heavy (non-hydrogen) atoms. The van der Waals surface area contributed by atoms with Crippen molar-refractivity contribution in [2.45, 2.75) is 69.3 Å². The summed E-state index contributed by atoms with van der Waals surface area (Å²) >= 11 is 1.82. The van der Waals surface area contributed by atoms with E-state index in [0.717, 1.165) is 25.7 Å². The largest absolute Gasteiger partial charge is 0.433 e. The second kappa shape index (κ2) is 7.74. The lowest BCUT2D eigenvalue weighted by Gasteiger charge is -2.31. The topological polar surface area (TPSA) is 54.9 Å². The van der Waals surface area contributed by atoms with Crippen molar-refractivity contribution >= 4 is 17.7 Å². The van der Waals surface area contributed by atoms with Crippen LogP contribution in [0.4, 0.5) is 13.2 Å². The summed E-state index contributed by atoms with van der Waals surface area (Å²) < 4.78 is 40.0. The predicted octanol–water partition coefficient (Wildman–Crippen LogP) is 3.70. The molecule has 1 amide bonds. The van der Waals surface area contributed by atoms with E-state index in [9.17, 15) is 18.0 Å². The fourth-order valence-electron chi connectivity index (χ4n) is 4.00. The van der Waals surface area contributed by atoms with Gasteiger partial charge in [-0.15, -0.1) is 0 Å². The average Bonchev–Trinajstić information content (AvgIpc) is 2.60. The third kappa shape index (κ3) is 4.32. The number of nitrogens with one attached hydrogen (secondary N) is 1. The van der Waals surface area contributed by atoms with Gasteiger partial charge in [0.15, 0.2) is 5.69 Å². The molecule has 0 radical (unpaired) electrons. The molecule has 3 atom stereocenters. The van der Waals surface area contributed by atoms with Gasteiger partial charge in [-0.25, -0.2) is 9.97 Å². The normalized spacial score (nSPS) is 26.3. The molecule has 3 rings (SSSR count). The van der Waals surface area contributed by atoms with E-state index < -0.39 is 17.8 Å². The minimum Gasteiger partial charge on any atom is -0.353 e. The third-order valence-corrected chi connectivity index (χ3v) is 6.42. The summed E-state index contributed by atoms with van der Waals surface area (Å²) in [7, 11) is 0. The van der Waals surface area contributed by atoms with Gasteiger partial charge in [-0.3, -0.25) is 4.79 Å². The van der Waals surface area contributed by atoms with Crippen molar-refractivity contribution in [2.24, 2.45) is 5.92 Å². The van der Waals surface area contributed by atoms with Gasteiger partial charge in [-0.2, -0.15) is 24.9 Å². The molecule has 1 N–H and O–H groups in total. The fraction of sp³-hybridized carbons (Fsp3) is 0.722. The Balaban J connectivity index is 1.72. The summed E-state index contributed by atoms with van der Waals surface area (Å²) in [4.78, 5) is 20.4. The Labute approximate surface area is 155 Å². The highest BCUT2D eigenvalue weighted by molar-refractivity contribution is 7.99. The number of aromatic nitrogens is 2. The van der Waals surface area contributed by atoms with E-state index in [-0.39, 0.29) is 29.8 Å². The van der Waals surface area contributed by atoms with E-state index in [1.807, 2.05) is 11.8 Å². The summed E-state index contributed by atoms with van der Waals surface area (Å²) in [6.45, 7) is 1.47. The Kier molecular flexibility index (Phi) is 5.79. The molecule has 0 saturated heterocycles. The lowest BCUT2D eigenvalue weighted by molar-refractivity contribution is -0.142. The average molecular weight is 387 g/mol. The zero-order valence-corrected chi connectivity index (χ0v) is 15.8. The second-order valence-electron chi connectivity index (χ2n) is 7.21. The van der Waals surface area contributed by atoms with Crippen LogP contribution in [-0.4, -0.2) is 33.4 Å². The highest BCUT2D eigenvalue weighted by atomic mass is 32.2. The first-order valence-electron chi connectivity index (χ1n) is 9.04. The van der Waals surface area contributed by atoms with Crippen LogP contribution < -0.4 is 5.32 Å². The quantitative estimate of drug-likeness (QED) is 0.859. The lowest BCUT2D eigenvalue weighted by atomic mass is 9.84. The zero-order valence-electron chi connectivity index (χ0n) is 15.0. The maximum atomic E-state index is 13.3. The molecule has 4 nitrogen and oxygen atoms in total. The summed E-state index contributed by atoms with van der Waals surface area (Å²) in [6.07, 6.45) is 2.66. The number of alkyl halides is 3. The molecular weight excluding hydrogens is 363 g/mol. The second-order valence-corrected chi connectivity index (χ2v) is 8.35.